The molecule has 0 fully saturated rings. The molecule has 0 saturated carbocycles. The zero-order valence-corrected chi connectivity index (χ0v) is 7.49. The Morgan fingerprint density at radius 3 is 1.18 bits per heavy atom. The molecule has 0 spiro atoms. The summed E-state index contributed by atoms with van der Waals surface area (Å²) in [6.07, 6.45) is 0. The molecule has 0 rings (SSSR count). The molecular weight excluding hydrogens is 196 g/mol. The third-order valence-corrected chi connectivity index (χ3v) is 0. The van der Waals surface area contributed by atoms with Crippen LogP contribution in [-0.2, 0) is 15.2 Å². The van der Waals surface area contributed by atoms with E-state index in [9.17, 15) is 0 Å². The number of carboxylic acid groups (broad SMARTS) is 1. The molecular formula is CH10MgO8S. The average molecular weight is 206 g/mol. The molecule has 0 aliphatic heterocycles. The van der Waals surface area contributed by atoms with Gasteiger partial charge in [-0.05, 0) is 0 Å². The molecule has 0 aromatic heterocycles. The van der Waals surface area contributed by atoms with E-state index >= 15 is 0 Å². The predicted molar refractivity (Wildman–Crippen MR) is 38.1 cm³/mol. The fourth-order valence-electron chi connectivity index (χ4n) is 0. The van der Waals surface area contributed by atoms with Gasteiger partial charge in [-0.25, -0.2) is 0 Å². The van der Waals surface area contributed by atoms with Crippen LogP contribution in [0.5, 0.6) is 0 Å². The van der Waals surface area contributed by atoms with Gasteiger partial charge in [0.05, 0.1) is 0 Å². The van der Waals surface area contributed by atoms with Crippen LogP contribution in [0.25, 0.3) is 0 Å². The molecule has 0 atom stereocenters. The van der Waals surface area contributed by atoms with E-state index in [4.69, 9.17) is 27.4 Å². The zero-order chi connectivity index (χ0) is 7.21. The maximum atomic E-state index is 8.74. The molecule has 70 valence electrons. The summed E-state index contributed by atoms with van der Waals surface area (Å²) in [5.41, 5.74) is 0. The Bertz CT molecular complexity index is 136. The second-order valence-corrected chi connectivity index (χ2v) is 1.45. The molecule has 0 aliphatic rings. The minimum absolute atomic E-state index is 0. The van der Waals surface area contributed by atoms with Gasteiger partial charge >= 0.3 is 33.5 Å². The molecule has 0 radical (unpaired) electrons. The van der Waals surface area contributed by atoms with E-state index in [0.29, 0.717) is 0 Å². The summed E-state index contributed by atoms with van der Waals surface area (Å²) in [6, 6.07) is 0. The van der Waals surface area contributed by atoms with E-state index in [2.05, 4.69) is 0 Å². The standard InChI is InChI=1S/CH2O2.Mg.H2O4S.2H2O.2H/c2-1-3;;1-5(2,3)4;;;;/h1H,(H,2,3);;(H2,1,2,3,4);2*1H2;;/q;+2;;;;2*-1. The normalized spacial score (nSPS) is 6.36. The van der Waals surface area contributed by atoms with Crippen molar-refractivity contribution in [3.05, 3.63) is 0 Å². The van der Waals surface area contributed by atoms with Crippen LogP contribution in [0.3, 0.4) is 0 Å². The summed E-state index contributed by atoms with van der Waals surface area (Å²) in [6.45, 7) is -0.250. The minimum atomic E-state index is -4.67. The van der Waals surface area contributed by atoms with E-state index in [-0.39, 0.29) is 43.3 Å². The number of rotatable bonds is 0. The third kappa shape index (κ3) is 939000. The first kappa shape index (κ1) is 30.5. The minimum Gasteiger partial charge on any atom is -1.00 e. The monoisotopic (exact) mass is 206 g/mol. The van der Waals surface area contributed by atoms with Crippen LogP contribution in [0, 0.1) is 0 Å². The van der Waals surface area contributed by atoms with Gasteiger partial charge in [0.15, 0.2) is 0 Å². The summed E-state index contributed by atoms with van der Waals surface area (Å²) in [5.74, 6) is 0. The summed E-state index contributed by atoms with van der Waals surface area (Å²) in [7, 11) is -4.67. The van der Waals surface area contributed by atoms with Crippen molar-refractivity contribution in [1.82, 2.24) is 0 Å². The maximum absolute atomic E-state index is 8.74. The summed E-state index contributed by atoms with van der Waals surface area (Å²) < 4.78 is 31.6. The van der Waals surface area contributed by atoms with Crippen molar-refractivity contribution in [3.8, 4) is 0 Å². The summed E-state index contributed by atoms with van der Waals surface area (Å²) in [4.78, 5) is 8.36. The predicted octanol–water partition coefficient (Wildman–Crippen LogP) is -2.76. The fourth-order valence-corrected chi connectivity index (χ4v) is 0. The van der Waals surface area contributed by atoms with E-state index in [1.165, 1.54) is 0 Å². The first-order valence-corrected chi connectivity index (χ1v) is 2.59. The molecule has 0 aromatic carbocycles. The van der Waals surface area contributed by atoms with Crippen LogP contribution in [-0.4, -0.2) is 63.1 Å². The summed E-state index contributed by atoms with van der Waals surface area (Å²) in [5, 5.41) is 6.89. The van der Waals surface area contributed by atoms with Crippen molar-refractivity contribution >= 4 is 39.9 Å². The number of carbonyl (C=O) groups is 1. The Kier molecular flexibility index (Phi) is 45.9. The zero-order valence-electron chi connectivity index (χ0n) is 7.26. The van der Waals surface area contributed by atoms with Gasteiger partial charge in [0.2, 0.25) is 0 Å². The molecule has 7 N–H and O–H groups in total. The molecule has 0 bridgehead atoms. The molecule has 0 saturated heterocycles. The Labute approximate surface area is 81.5 Å². The van der Waals surface area contributed by atoms with Gasteiger partial charge in [0.25, 0.3) is 6.47 Å². The Balaban J connectivity index is -0.00000000840. The molecule has 10 heteroatoms. The van der Waals surface area contributed by atoms with Crippen LogP contribution >= 0.6 is 0 Å². The molecule has 0 aromatic rings. The molecule has 11 heavy (non-hydrogen) atoms. The average Bonchev–Trinajstić information content (AvgIpc) is 1.27. The quantitative estimate of drug-likeness (QED) is 0.220. The topological polar surface area (TPSA) is 175 Å². The van der Waals surface area contributed by atoms with Crippen LogP contribution in [0.2, 0.25) is 0 Å². The second kappa shape index (κ2) is 16.5. The Morgan fingerprint density at radius 1 is 1.18 bits per heavy atom. The maximum Gasteiger partial charge on any atom is 2.00 e. The van der Waals surface area contributed by atoms with Crippen molar-refractivity contribution in [1.29, 1.82) is 0 Å². The van der Waals surface area contributed by atoms with Gasteiger partial charge in [-0.1, -0.05) is 0 Å². The second-order valence-electron chi connectivity index (χ2n) is 0.553. The van der Waals surface area contributed by atoms with Crippen molar-refractivity contribution in [3.63, 3.8) is 0 Å². The fraction of sp³-hybridized carbons (Fsp3) is 0. The van der Waals surface area contributed by atoms with Gasteiger partial charge in [-0.2, -0.15) is 8.42 Å². The van der Waals surface area contributed by atoms with Crippen LogP contribution in [0.15, 0.2) is 0 Å². The van der Waals surface area contributed by atoms with Gasteiger partial charge < -0.3 is 18.9 Å². The van der Waals surface area contributed by atoms with E-state index in [1.807, 2.05) is 0 Å². The van der Waals surface area contributed by atoms with Crippen LogP contribution < -0.4 is 0 Å². The SMILES string of the molecule is O.O.O=CO.O=S(=O)(O)O.[H-].[H-].[Mg+2]. The largest absolute Gasteiger partial charge is 2.00 e. The van der Waals surface area contributed by atoms with E-state index in [0.717, 1.165) is 0 Å². The van der Waals surface area contributed by atoms with Crippen LogP contribution in [0.1, 0.15) is 2.85 Å². The van der Waals surface area contributed by atoms with E-state index < -0.39 is 10.4 Å². The smallest absolute Gasteiger partial charge is 1.00 e. The van der Waals surface area contributed by atoms with Crippen molar-refractivity contribution < 1.29 is 41.2 Å². The third-order valence-electron chi connectivity index (χ3n) is 0. The first-order valence-electron chi connectivity index (χ1n) is 1.19. The molecule has 8 nitrogen and oxygen atoms in total. The van der Waals surface area contributed by atoms with Gasteiger partial charge in [-0.15, -0.1) is 0 Å². The molecule has 0 heterocycles. The molecule has 0 aliphatic carbocycles. The number of hydrogen-bond acceptors (Lipinski definition) is 3. The van der Waals surface area contributed by atoms with Crippen LogP contribution in [0.4, 0.5) is 0 Å². The summed E-state index contributed by atoms with van der Waals surface area (Å²) >= 11 is 0. The van der Waals surface area contributed by atoms with Crippen molar-refractivity contribution in [2.45, 2.75) is 0 Å². The van der Waals surface area contributed by atoms with Crippen molar-refractivity contribution in [2.75, 3.05) is 0 Å². The van der Waals surface area contributed by atoms with Gasteiger partial charge in [-0.3, -0.25) is 13.9 Å². The Hall–Kier alpha value is 0.0262. The number of hydrogen-bond donors (Lipinski definition) is 3. The first-order chi connectivity index (χ1) is 3.41. The molecule has 0 amide bonds. The Morgan fingerprint density at radius 2 is 1.18 bits per heavy atom. The van der Waals surface area contributed by atoms with Gasteiger partial charge in [0.1, 0.15) is 0 Å². The van der Waals surface area contributed by atoms with E-state index in [1.54, 1.807) is 0 Å². The molecule has 0 unspecified atom stereocenters. The van der Waals surface area contributed by atoms with Gasteiger partial charge in [0, 0.05) is 0 Å². The van der Waals surface area contributed by atoms with Crippen molar-refractivity contribution in [2.24, 2.45) is 0 Å².